The molecule has 0 saturated carbocycles. The van der Waals surface area contributed by atoms with E-state index in [0.717, 1.165) is 31.0 Å². The summed E-state index contributed by atoms with van der Waals surface area (Å²) in [4.78, 5) is 2.41. The van der Waals surface area contributed by atoms with Crippen LogP contribution >= 0.6 is 0 Å². The SMILES string of the molecule is CC(C)N1CCOC(COc2cccc([C@@H](C)O)c2)C1. The van der Waals surface area contributed by atoms with Gasteiger partial charge in [-0.2, -0.15) is 0 Å². The van der Waals surface area contributed by atoms with Gasteiger partial charge in [-0.3, -0.25) is 4.90 Å². The summed E-state index contributed by atoms with van der Waals surface area (Å²) < 4.78 is 11.5. The number of aliphatic hydroxyl groups excluding tert-OH is 1. The topological polar surface area (TPSA) is 41.9 Å². The molecule has 1 fully saturated rings. The molecule has 0 amide bonds. The highest BCUT2D eigenvalue weighted by Gasteiger charge is 2.22. The minimum absolute atomic E-state index is 0.112. The Morgan fingerprint density at radius 1 is 1.40 bits per heavy atom. The van der Waals surface area contributed by atoms with E-state index in [0.29, 0.717) is 12.6 Å². The molecule has 1 saturated heterocycles. The highest BCUT2D eigenvalue weighted by Crippen LogP contribution is 2.19. The maximum atomic E-state index is 9.57. The third-order valence-electron chi connectivity index (χ3n) is 3.68. The molecule has 1 aliphatic heterocycles. The van der Waals surface area contributed by atoms with E-state index in [-0.39, 0.29) is 6.10 Å². The van der Waals surface area contributed by atoms with Gasteiger partial charge in [-0.05, 0) is 38.5 Å². The van der Waals surface area contributed by atoms with Gasteiger partial charge in [0.2, 0.25) is 0 Å². The Balaban J connectivity index is 1.87. The van der Waals surface area contributed by atoms with Gasteiger partial charge in [0.25, 0.3) is 0 Å². The zero-order valence-electron chi connectivity index (χ0n) is 12.6. The van der Waals surface area contributed by atoms with Crippen LogP contribution in [0.1, 0.15) is 32.4 Å². The van der Waals surface area contributed by atoms with Gasteiger partial charge < -0.3 is 14.6 Å². The molecule has 1 aromatic carbocycles. The molecule has 4 nitrogen and oxygen atoms in total. The largest absolute Gasteiger partial charge is 0.491 e. The predicted octanol–water partition coefficient (Wildman–Crippen LogP) is 2.23. The maximum Gasteiger partial charge on any atom is 0.119 e. The first-order valence-corrected chi connectivity index (χ1v) is 7.32. The molecule has 0 spiro atoms. The lowest BCUT2D eigenvalue weighted by Crippen LogP contribution is -2.47. The molecule has 2 rings (SSSR count). The molecule has 0 aromatic heterocycles. The summed E-state index contributed by atoms with van der Waals surface area (Å²) in [5.41, 5.74) is 0.871. The average molecular weight is 279 g/mol. The molecule has 1 heterocycles. The second-order valence-electron chi connectivity index (χ2n) is 5.64. The van der Waals surface area contributed by atoms with E-state index < -0.39 is 6.10 Å². The van der Waals surface area contributed by atoms with Crippen molar-refractivity contribution in [2.45, 2.75) is 39.0 Å². The van der Waals surface area contributed by atoms with Crippen molar-refractivity contribution in [1.29, 1.82) is 0 Å². The van der Waals surface area contributed by atoms with Gasteiger partial charge in [-0.25, -0.2) is 0 Å². The number of nitrogens with zero attached hydrogens (tertiary/aromatic N) is 1. The first kappa shape index (κ1) is 15.3. The normalized spacial score (nSPS) is 21.9. The van der Waals surface area contributed by atoms with Crippen molar-refractivity contribution >= 4 is 0 Å². The number of hydrogen-bond donors (Lipinski definition) is 1. The van der Waals surface area contributed by atoms with Gasteiger partial charge in [0, 0.05) is 19.1 Å². The third-order valence-corrected chi connectivity index (χ3v) is 3.68. The summed E-state index contributed by atoms with van der Waals surface area (Å²) in [6.45, 7) is 9.38. The Morgan fingerprint density at radius 3 is 2.90 bits per heavy atom. The molecule has 1 unspecified atom stereocenters. The van der Waals surface area contributed by atoms with Gasteiger partial charge in [0.05, 0.1) is 12.7 Å². The second kappa shape index (κ2) is 7.07. The lowest BCUT2D eigenvalue weighted by atomic mass is 10.1. The van der Waals surface area contributed by atoms with Crippen LogP contribution in [-0.4, -0.2) is 48.5 Å². The summed E-state index contributed by atoms with van der Waals surface area (Å²) in [5.74, 6) is 0.786. The monoisotopic (exact) mass is 279 g/mol. The molecule has 112 valence electrons. The molecule has 1 aromatic rings. The van der Waals surface area contributed by atoms with Crippen LogP contribution in [0.4, 0.5) is 0 Å². The zero-order chi connectivity index (χ0) is 14.5. The van der Waals surface area contributed by atoms with Crippen LogP contribution in [0.15, 0.2) is 24.3 Å². The lowest BCUT2D eigenvalue weighted by Gasteiger charge is -2.35. The van der Waals surface area contributed by atoms with E-state index in [1.54, 1.807) is 6.92 Å². The van der Waals surface area contributed by atoms with Gasteiger partial charge >= 0.3 is 0 Å². The Kier molecular flexibility index (Phi) is 5.40. The van der Waals surface area contributed by atoms with Crippen molar-refractivity contribution in [3.8, 4) is 5.75 Å². The van der Waals surface area contributed by atoms with E-state index in [2.05, 4.69) is 18.7 Å². The van der Waals surface area contributed by atoms with Crippen molar-refractivity contribution < 1.29 is 14.6 Å². The Hall–Kier alpha value is -1.10. The zero-order valence-corrected chi connectivity index (χ0v) is 12.6. The summed E-state index contributed by atoms with van der Waals surface area (Å²) in [6.07, 6.45) is -0.359. The van der Waals surface area contributed by atoms with Gasteiger partial charge in [-0.15, -0.1) is 0 Å². The Bertz CT molecular complexity index is 420. The first-order chi connectivity index (χ1) is 9.56. The number of hydrogen-bond acceptors (Lipinski definition) is 4. The molecule has 1 aliphatic rings. The summed E-state index contributed by atoms with van der Waals surface area (Å²) in [5, 5.41) is 9.57. The highest BCUT2D eigenvalue weighted by molar-refractivity contribution is 5.29. The predicted molar refractivity (Wildman–Crippen MR) is 79.0 cm³/mol. The fourth-order valence-corrected chi connectivity index (χ4v) is 2.37. The fraction of sp³-hybridized carbons (Fsp3) is 0.625. The van der Waals surface area contributed by atoms with E-state index in [4.69, 9.17) is 9.47 Å². The molecule has 0 radical (unpaired) electrons. The van der Waals surface area contributed by atoms with Crippen LogP contribution in [-0.2, 0) is 4.74 Å². The fourth-order valence-electron chi connectivity index (χ4n) is 2.37. The molecule has 0 bridgehead atoms. The van der Waals surface area contributed by atoms with E-state index >= 15 is 0 Å². The molecule has 20 heavy (non-hydrogen) atoms. The summed E-state index contributed by atoms with van der Waals surface area (Å²) in [6, 6.07) is 8.14. The Morgan fingerprint density at radius 2 is 2.20 bits per heavy atom. The van der Waals surface area contributed by atoms with Crippen molar-refractivity contribution in [2.75, 3.05) is 26.3 Å². The highest BCUT2D eigenvalue weighted by atomic mass is 16.5. The van der Waals surface area contributed by atoms with Crippen LogP contribution in [0, 0.1) is 0 Å². The quantitative estimate of drug-likeness (QED) is 0.897. The number of rotatable bonds is 5. The lowest BCUT2D eigenvalue weighted by molar-refractivity contribution is -0.0564. The molecule has 2 atom stereocenters. The smallest absolute Gasteiger partial charge is 0.119 e. The molecule has 1 N–H and O–H groups in total. The van der Waals surface area contributed by atoms with Crippen LogP contribution < -0.4 is 4.74 Å². The third kappa shape index (κ3) is 4.20. The Labute approximate surface area is 121 Å². The van der Waals surface area contributed by atoms with Gasteiger partial charge in [0.1, 0.15) is 18.5 Å². The van der Waals surface area contributed by atoms with Crippen molar-refractivity contribution in [2.24, 2.45) is 0 Å². The number of benzene rings is 1. The van der Waals surface area contributed by atoms with Crippen LogP contribution in [0.5, 0.6) is 5.75 Å². The van der Waals surface area contributed by atoms with Crippen LogP contribution in [0.3, 0.4) is 0 Å². The van der Waals surface area contributed by atoms with Crippen molar-refractivity contribution in [1.82, 2.24) is 4.90 Å². The second-order valence-corrected chi connectivity index (χ2v) is 5.64. The average Bonchev–Trinajstić information content (AvgIpc) is 2.45. The summed E-state index contributed by atoms with van der Waals surface area (Å²) in [7, 11) is 0. The molecule has 0 aliphatic carbocycles. The molecule has 4 heteroatoms. The first-order valence-electron chi connectivity index (χ1n) is 7.32. The number of ether oxygens (including phenoxy) is 2. The van der Waals surface area contributed by atoms with Crippen molar-refractivity contribution in [3.63, 3.8) is 0 Å². The standard InChI is InChI=1S/C16H25NO3/c1-12(2)17-7-8-19-16(10-17)11-20-15-6-4-5-14(9-15)13(3)18/h4-6,9,12-13,16,18H,7-8,10-11H2,1-3H3/t13-,16?/m1/s1. The number of aliphatic hydroxyl groups is 1. The molecular formula is C16H25NO3. The van der Waals surface area contributed by atoms with Gasteiger partial charge in [0.15, 0.2) is 0 Å². The minimum Gasteiger partial charge on any atom is -0.491 e. The van der Waals surface area contributed by atoms with Crippen LogP contribution in [0.2, 0.25) is 0 Å². The summed E-state index contributed by atoms with van der Waals surface area (Å²) >= 11 is 0. The maximum absolute atomic E-state index is 9.57. The van der Waals surface area contributed by atoms with E-state index in [1.807, 2.05) is 24.3 Å². The van der Waals surface area contributed by atoms with Gasteiger partial charge in [-0.1, -0.05) is 12.1 Å². The van der Waals surface area contributed by atoms with E-state index in [9.17, 15) is 5.11 Å². The van der Waals surface area contributed by atoms with Crippen molar-refractivity contribution in [3.05, 3.63) is 29.8 Å². The minimum atomic E-state index is -0.471. The van der Waals surface area contributed by atoms with E-state index in [1.165, 1.54) is 0 Å². The molecular weight excluding hydrogens is 254 g/mol. The number of morpholine rings is 1. The van der Waals surface area contributed by atoms with Crippen LogP contribution in [0.25, 0.3) is 0 Å².